The van der Waals surface area contributed by atoms with E-state index in [0.29, 0.717) is 18.2 Å². The van der Waals surface area contributed by atoms with E-state index >= 15 is 0 Å². The number of hydrogen-bond acceptors (Lipinski definition) is 6. The van der Waals surface area contributed by atoms with Gasteiger partial charge in [-0.1, -0.05) is 6.07 Å². The third-order valence-corrected chi connectivity index (χ3v) is 5.25. The van der Waals surface area contributed by atoms with E-state index in [9.17, 15) is 18.0 Å². The molecule has 1 N–H and O–H groups in total. The normalized spacial score (nSPS) is 19.3. The third kappa shape index (κ3) is 4.49. The van der Waals surface area contributed by atoms with Crippen molar-refractivity contribution in [2.45, 2.75) is 38.0 Å². The lowest BCUT2D eigenvalue weighted by Crippen LogP contribution is -2.52. The average Bonchev–Trinajstić information content (AvgIpc) is 3.30. The Morgan fingerprint density at radius 2 is 1.94 bits per heavy atom. The van der Waals surface area contributed by atoms with Crippen LogP contribution in [0.25, 0.3) is 5.82 Å². The monoisotopic (exact) mass is 431 g/mol. The highest BCUT2D eigenvalue weighted by molar-refractivity contribution is 5.92. The maximum Gasteiger partial charge on any atom is 0.417 e. The quantitative estimate of drug-likeness (QED) is 0.683. The zero-order valence-corrected chi connectivity index (χ0v) is 16.6. The molecule has 0 aromatic carbocycles. The molecule has 4 heterocycles. The van der Waals surface area contributed by atoms with E-state index in [4.69, 9.17) is 0 Å². The number of rotatable bonds is 4. The van der Waals surface area contributed by atoms with Crippen molar-refractivity contribution in [2.24, 2.45) is 0 Å². The van der Waals surface area contributed by atoms with Gasteiger partial charge < -0.3 is 10.2 Å². The lowest BCUT2D eigenvalue weighted by atomic mass is 9.97. The summed E-state index contributed by atoms with van der Waals surface area (Å²) in [6.07, 6.45) is 0.924. The number of alkyl halides is 3. The lowest BCUT2D eigenvalue weighted by molar-refractivity contribution is -0.137. The van der Waals surface area contributed by atoms with Gasteiger partial charge in [-0.25, -0.2) is 9.97 Å². The smallest absolute Gasteiger partial charge is 0.365 e. The molecule has 1 aliphatic rings. The van der Waals surface area contributed by atoms with Crippen molar-refractivity contribution in [1.29, 1.82) is 0 Å². The number of carbonyl (C=O) groups is 1. The van der Waals surface area contributed by atoms with Crippen molar-refractivity contribution in [3.63, 3.8) is 0 Å². The molecule has 11 heteroatoms. The van der Waals surface area contributed by atoms with E-state index in [2.05, 4.69) is 25.5 Å². The molecule has 1 saturated heterocycles. The Kier molecular flexibility index (Phi) is 5.57. The number of aromatic nitrogens is 5. The number of likely N-dealkylation sites (tertiary alicyclic amines) is 1. The topological polar surface area (TPSA) is 88.8 Å². The molecule has 162 valence electrons. The van der Waals surface area contributed by atoms with Crippen LogP contribution >= 0.6 is 0 Å². The zero-order valence-electron chi connectivity index (χ0n) is 16.6. The molecule has 0 unspecified atom stereocenters. The van der Waals surface area contributed by atoms with Gasteiger partial charge in [0.25, 0.3) is 5.91 Å². The number of pyridine rings is 2. The number of amides is 1. The Hall–Kier alpha value is -3.50. The van der Waals surface area contributed by atoms with Gasteiger partial charge in [0.1, 0.15) is 11.5 Å². The number of hydrogen-bond donors (Lipinski definition) is 1. The number of anilines is 1. The summed E-state index contributed by atoms with van der Waals surface area (Å²) in [4.78, 5) is 24.4. The predicted molar refractivity (Wildman–Crippen MR) is 106 cm³/mol. The van der Waals surface area contributed by atoms with Crippen molar-refractivity contribution >= 4 is 11.7 Å². The Morgan fingerprint density at radius 1 is 1.16 bits per heavy atom. The van der Waals surface area contributed by atoms with E-state index in [1.807, 2.05) is 6.92 Å². The summed E-state index contributed by atoms with van der Waals surface area (Å²) in [6, 6.07) is 6.99. The first-order valence-corrected chi connectivity index (χ1v) is 9.77. The molecule has 31 heavy (non-hydrogen) atoms. The van der Waals surface area contributed by atoms with Gasteiger partial charge in [0.2, 0.25) is 0 Å². The van der Waals surface area contributed by atoms with Crippen LogP contribution in [0.1, 0.15) is 35.8 Å². The van der Waals surface area contributed by atoms with Crippen LogP contribution < -0.4 is 5.32 Å². The van der Waals surface area contributed by atoms with Crippen LogP contribution in [0, 0.1) is 0 Å². The molecule has 1 aliphatic heterocycles. The minimum absolute atomic E-state index is 0.155. The van der Waals surface area contributed by atoms with E-state index < -0.39 is 11.7 Å². The van der Waals surface area contributed by atoms with Gasteiger partial charge in [-0.15, -0.1) is 4.80 Å². The molecule has 2 atom stereocenters. The van der Waals surface area contributed by atoms with Crippen LogP contribution in [-0.4, -0.2) is 54.4 Å². The van der Waals surface area contributed by atoms with Crippen LogP contribution in [0.2, 0.25) is 0 Å². The number of piperidine rings is 1. The molecular weight excluding hydrogens is 411 g/mol. The highest BCUT2D eigenvalue weighted by Crippen LogP contribution is 2.29. The van der Waals surface area contributed by atoms with Crippen LogP contribution in [0.15, 0.2) is 48.9 Å². The van der Waals surface area contributed by atoms with Gasteiger partial charge in [0.05, 0.1) is 18.0 Å². The summed E-state index contributed by atoms with van der Waals surface area (Å²) in [5.74, 6) is 0.543. The molecule has 4 rings (SSSR count). The summed E-state index contributed by atoms with van der Waals surface area (Å²) in [5, 5.41) is 11.2. The highest BCUT2D eigenvalue weighted by Gasteiger charge is 2.33. The van der Waals surface area contributed by atoms with E-state index in [1.165, 1.54) is 23.3 Å². The summed E-state index contributed by atoms with van der Waals surface area (Å²) in [6.45, 7) is 2.46. The maximum absolute atomic E-state index is 13.1. The first kappa shape index (κ1) is 20.8. The number of carbonyl (C=O) groups excluding carboxylic acids is 1. The van der Waals surface area contributed by atoms with Crippen molar-refractivity contribution in [3.05, 3.63) is 60.2 Å². The first-order valence-electron chi connectivity index (χ1n) is 9.77. The largest absolute Gasteiger partial charge is 0.417 e. The SMILES string of the molecule is C[C@H]1[C@H](Nc2ccc(C(F)(F)F)cn2)CCCN1C(=O)c1cccc(-n2nccn2)n1. The molecule has 0 spiro atoms. The molecule has 1 amide bonds. The predicted octanol–water partition coefficient (Wildman–Crippen LogP) is 3.18. The summed E-state index contributed by atoms with van der Waals surface area (Å²) in [7, 11) is 0. The van der Waals surface area contributed by atoms with E-state index in [0.717, 1.165) is 25.1 Å². The van der Waals surface area contributed by atoms with Gasteiger partial charge in [0.15, 0.2) is 5.82 Å². The Labute approximate surface area is 176 Å². The molecule has 0 radical (unpaired) electrons. The van der Waals surface area contributed by atoms with Crippen molar-refractivity contribution in [2.75, 3.05) is 11.9 Å². The number of halogens is 3. The molecule has 0 saturated carbocycles. The first-order chi connectivity index (χ1) is 14.8. The Balaban J connectivity index is 1.48. The number of nitrogens with one attached hydrogen (secondary N) is 1. The van der Waals surface area contributed by atoms with Gasteiger partial charge in [-0.2, -0.15) is 23.4 Å². The van der Waals surface area contributed by atoms with Crippen molar-refractivity contribution in [3.8, 4) is 5.82 Å². The van der Waals surface area contributed by atoms with Gasteiger partial charge in [-0.3, -0.25) is 4.79 Å². The van der Waals surface area contributed by atoms with Gasteiger partial charge >= 0.3 is 6.18 Å². The fourth-order valence-corrected chi connectivity index (χ4v) is 3.59. The molecule has 1 fully saturated rings. The number of nitrogens with zero attached hydrogens (tertiary/aromatic N) is 6. The summed E-state index contributed by atoms with van der Waals surface area (Å²) < 4.78 is 38.2. The fourth-order valence-electron chi connectivity index (χ4n) is 3.59. The van der Waals surface area contributed by atoms with Crippen LogP contribution in [0.4, 0.5) is 19.0 Å². The van der Waals surface area contributed by atoms with E-state index in [1.54, 1.807) is 23.1 Å². The van der Waals surface area contributed by atoms with Gasteiger partial charge in [-0.05, 0) is 44.0 Å². The highest BCUT2D eigenvalue weighted by atomic mass is 19.4. The van der Waals surface area contributed by atoms with Crippen molar-refractivity contribution in [1.82, 2.24) is 29.9 Å². The molecular formula is C20H20F3N7O. The zero-order chi connectivity index (χ0) is 22.0. The van der Waals surface area contributed by atoms with Crippen LogP contribution in [0.3, 0.4) is 0 Å². The lowest BCUT2D eigenvalue weighted by Gasteiger charge is -2.39. The second-order valence-electron chi connectivity index (χ2n) is 7.26. The van der Waals surface area contributed by atoms with Crippen molar-refractivity contribution < 1.29 is 18.0 Å². The fraction of sp³-hybridized carbons (Fsp3) is 0.350. The molecule has 0 aliphatic carbocycles. The molecule has 8 nitrogen and oxygen atoms in total. The van der Waals surface area contributed by atoms with Crippen LogP contribution in [0.5, 0.6) is 0 Å². The molecule has 3 aromatic heterocycles. The average molecular weight is 431 g/mol. The molecule has 3 aromatic rings. The minimum Gasteiger partial charge on any atom is -0.365 e. The second-order valence-corrected chi connectivity index (χ2v) is 7.26. The second kappa shape index (κ2) is 8.32. The standard InChI is InChI=1S/C20H20F3N7O/c1-13-15(27-17-8-7-14(12-24-17)20(21,22)23)5-3-11-29(13)19(31)16-4-2-6-18(28-16)30-25-9-10-26-30/h2,4,6-10,12-13,15H,3,5,11H2,1H3,(H,24,27)/t13-,15+/m0/s1. The maximum atomic E-state index is 13.1. The third-order valence-electron chi connectivity index (χ3n) is 5.25. The van der Waals surface area contributed by atoms with Crippen LogP contribution in [-0.2, 0) is 6.18 Å². The van der Waals surface area contributed by atoms with E-state index in [-0.39, 0.29) is 23.7 Å². The Bertz CT molecular complexity index is 1040. The Morgan fingerprint density at radius 3 is 2.61 bits per heavy atom. The summed E-state index contributed by atoms with van der Waals surface area (Å²) >= 11 is 0. The minimum atomic E-state index is -4.43. The van der Waals surface area contributed by atoms with Gasteiger partial charge in [0, 0.05) is 24.8 Å². The molecule has 0 bridgehead atoms. The summed E-state index contributed by atoms with van der Waals surface area (Å²) in [5.41, 5.74) is -0.529.